The van der Waals surface area contributed by atoms with E-state index < -0.39 is 16.1 Å². The zero-order valence-corrected chi connectivity index (χ0v) is 14.0. The molecule has 0 saturated carbocycles. The molecule has 0 aliphatic carbocycles. The number of nitrogens with zero attached hydrogens (tertiary/aromatic N) is 3. The van der Waals surface area contributed by atoms with Crippen LogP contribution in [0.1, 0.15) is 38.9 Å². The zero-order chi connectivity index (χ0) is 16.2. The van der Waals surface area contributed by atoms with Crippen molar-refractivity contribution in [1.29, 1.82) is 0 Å². The Bertz CT molecular complexity index is 611. The predicted molar refractivity (Wildman–Crippen MR) is 83.6 cm³/mol. The number of aryl methyl sites for hydroxylation is 1. The van der Waals surface area contributed by atoms with E-state index in [9.17, 15) is 13.2 Å². The quantitative estimate of drug-likeness (QED) is 0.799. The fourth-order valence-corrected chi connectivity index (χ4v) is 4.54. The standard InChI is InChI=1S/C14H24N4O3S/c1-3-10-22(20,21)18-8-5-6-12(18)14(19)16-11-13-15-7-9-17(13)4-2/h7,9,12H,3-6,8,10-11H2,1-2H3,(H,16,19). The number of sulfonamides is 1. The van der Waals surface area contributed by atoms with Gasteiger partial charge in [-0.05, 0) is 26.2 Å². The van der Waals surface area contributed by atoms with E-state index >= 15 is 0 Å². The van der Waals surface area contributed by atoms with Crippen LogP contribution in [0.3, 0.4) is 0 Å². The minimum absolute atomic E-state index is 0.0943. The lowest BCUT2D eigenvalue weighted by Gasteiger charge is -2.23. The van der Waals surface area contributed by atoms with Crippen molar-refractivity contribution in [3.05, 3.63) is 18.2 Å². The summed E-state index contributed by atoms with van der Waals surface area (Å²) in [6.45, 7) is 5.36. The van der Waals surface area contributed by atoms with Crippen LogP contribution >= 0.6 is 0 Å². The largest absolute Gasteiger partial charge is 0.347 e. The van der Waals surface area contributed by atoms with Gasteiger partial charge in [0.15, 0.2) is 0 Å². The van der Waals surface area contributed by atoms with Crippen molar-refractivity contribution >= 4 is 15.9 Å². The van der Waals surface area contributed by atoms with E-state index in [2.05, 4.69) is 10.3 Å². The number of aromatic nitrogens is 2. The van der Waals surface area contributed by atoms with E-state index in [1.807, 2.05) is 24.6 Å². The Morgan fingerprint density at radius 2 is 2.23 bits per heavy atom. The van der Waals surface area contributed by atoms with Crippen LogP contribution in [-0.2, 0) is 27.9 Å². The molecule has 1 atom stereocenters. The second-order valence-electron chi connectivity index (χ2n) is 5.43. The number of hydrogen-bond donors (Lipinski definition) is 1. The molecular formula is C14H24N4O3S. The van der Waals surface area contributed by atoms with Crippen LogP contribution in [0.2, 0.25) is 0 Å². The first-order chi connectivity index (χ1) is 10.5. The van der Waals surface area contributed by atoms with Crippen molar-refractivity contribution < 1.29 is 13.2 Å². The summed E-state index contributed by atoms with van der Waals surface area (Å²) in [5.74, 6) is 0.636. The molecule has 1 amide bonds. The average molecular weight is 328 g/mol. The molecule has 1 saturated heterocycles. The third kappa shape index (κ3) is 3.67. The lowest BCUT2D eigenvalue weighted by Crippen LogP contribution is -2.46. The summed E-state index contributed by atoms with van der Waals surface area (Å²) in [7, 11) is -3.34. The highest BCUT2D eigenvalue weighted by atomic mass is 32.2. The summed E-state index contributed by atoms with van der Waals surface area (Å²) < 4.78 is 27.7. The van der Waals surface area contributed by atoms with E-state index in [1.54, 1.807) is 6.20 Å². The number of imidazole rings is 1. The predicted octanol–water partition coefficient (Wildman–Crippen LogP) is 0.723. The highest BCUT2D eigenvalue weighted by Crippen LogP contribution is 2.22. The summed E-state index contributed by atoms with van der Waals surface area (Å²) in [5, 5.41) is 2.82. The van der Waals surface area contributed by atoms with Crippen molar-refractivity contribution in [2.75, 3.05) is 12.3 Å². The van der Waals surface area contributed by atoms with Gasteiger partial charge in [-0.3, -0.25) is 4.79 Å². The maximum Gasteiger partial charge on any atom is 0.238 e. The van der Waals surface area contributed by atoms with Crippen molar-refractivity contribution in [1.82, 2.24) is 19.2 Å². The smallest absolute Gasteiger partial charge is 0.238 e. The van der Waals surface area contributed by atoms with Crippen LogP contribution in [0.25, 0.3) is 0 Å². The molecule has 2 rings (SSSR count). The van der Waals surface area contributed by atoms with Crippen molar-refractivity contribution in [2.24, 2.45) is 0 Å². The molecule has 0 bridgehead atoms. The molecule has 1 N–H and O–H groups in total. The molecule has 0 aromatic carbocycles. The van der Waals surface area contributed by atoms with Gasteiger partial charge in [-0.15, -0.1) is 0 Å². The number of nitrogens with one attached hydrogen (secondary N) is 1. The molecule has 22 heavy (non-hydrogen) atoms. The fraction of sp³-hybridized carbons (Fsp3) is 0.714. The topological polar surface area (TPSA) is 84.3 Å². The van der Waals surface area contributed by atoms with Gasteiger partial charge in [0.25, 0.3) is 0 Å². The van der Waals surface area contributed by atoms with Gasteiger partial charge in [-0.25, -0.2) is 13.4 Å². The number of carbonyl (C=O) groups is 1. The Morgan fingerprint density at radius 3 is 2.91 bits per heavy atom. The van der Waals surface area contributed by atoms with Gasteiger partial charge in [0.05, 0.1) is 12.3 Å². The van der Waals surface area contributed by atoms with Crippen molar-refractivity contribution in [3.63, 3.8) is 0 Å². The molecule has 7 nitrogen and oxygen atoms in total. The Hall–Kier alpha value is -1.41. The minimum Gasteiger partial charge on any atom is -0.347 e. The van der Waals surface area contributed by atoms with E-state index in [-0.39, 0.29) is 11.7 Å². The lowest BCUT2D eigenvalue weighted by atomic mass is 10.2. The van der Waals surface area contributed by atoms with Gasteiger partial charge >= 0.3 is 0 Å². The lowest BCUT2D eigenvalue weighted by molar-refractivity contribution is -0.124. The minimum atomic E-state index is -3.34. The Labute approximate surface area is 131 Å². The fourth-order valence-electron chi connectivity index (χ4n) is 2.79. The number of rotatable bonds is 7. The van der Waals surface area contributed by atoms with E-state index in [0.29, 0.717) is 25.9 Å². The number of amides is 1. The summed E-state index contributed by atoms with van der Waals surface area (Å²) in [6.07, 6.45) is 5.41. The zero-order valence-electron chi connectivity index (χ0n) is 13.2. The molecule has 1 unspecified atom stereocenters. The Balaban J connectivity index is 1.99. The van der Waals surface area contributed by atoms with Gasteiger partial charge in [-0.1, -0.05) is 6.92 Å². The normalized spacial score (nSPS) is 19.5. The Morgan fingerprint density at radius 1 is 1.45 bits per heavy atom. The number of hydrogen-bond acceptors (Lipinski definition) is 4. The van der Waals surface area contributed by atoms with E-state index in [1.165, 1.54) is 4.31 Å². The highest BCUT2D eigenvalue weighted by Gasteiger charge is 2.37. The molecule has 0 spiro atoms. The summed E-state index contributed by atoms with van der Waals surface area (Å²) in [4.78, 5) is 16.5. The summed E-state index contributed by atoms with van der Waals surface area (Å²) in [6, 6.07) is -0.582. The molecular weight excluding hydrogens is 304 g/mol. The van der Waals surface area contributed by atoms with Gasteiger partial charge in [-0.2, -0.15) is 4.31 Å². The number of carbonyl (C=O) groups excluding carboxylic acids is 1. The SMILES string of the molecule is CCCS(=O)(=O)N1CCCC1C(=O)NCc1nccn1CC. The third-order valence-corrected chi connectivity index (χ3v) is 5.96. The molecule has 1 aliphatic rings. The third-order valence-electron chi connectivity index (χ3n) is 3.89. The van der Waals surface area contributed by atoms with Gasteiger partial charge in [0.2, 0.25) is 15.9 Å². The first kappa shape index (κ1) is 17.0. The van der Waals surface area contributed by atoms with Crippen LogP contribution in [0, 0.1) is 0 Å². The second kappa shape index (κ2) is 7.23. The van der Waals surface area contributed by atoms with Crippen LogP contribution in [0.5, 0.6) is 0 Å². The molecule has 124 valence electrons. The summed E-state index contributed by atoms with van der Waals surface area (Å²) >= 11 is 0. The van der Waals surface area contributed by atoms with Crippen LogP contribution in [-0.4, -0.2) is 46.5 Å². The molecule has 1 aliphatic heterocycles. The van der Waals surface area contributed by atoms with Gasteiger partial charge in [0.1, 0.15) is 11.9 Å². The average Bonchev–Trinajstić information content (AvgIpc) is 3.13. The van der Waals surface area contributed by atoms with Crippen molar-refractivity contribution in [2.45, 2.75) is 52.2 Å². The maximum absolute atomic E-state index is 12.3. The first-order valence-electron chi connectivity index (χ1n) is 7.76. The van der Waals surface area contributed by atoms with Crippen LogP contribution < -0.4 is 5.32 Å². The second-order valence-corrected chi connectivity index (χ2v) is 7.47. The monoisotopic (exact) mass is 328 g/mol. The molecule has 8 heteroatoms. The summed E-state index contributed by atoms with van der Waals surface area (Å²) in [5.41, 5.74) is 0. The van der Waals surface area contributed by atoms with E-state index in [4.69, 9.17) is 0 Å². The Kier molecular flexibility index (Phi) is 5.57. The first-order valence-corrected chi connectivity index (χ1v) is 9.37. The van der Waals surface area contributed by atoms with Crippen molar-refractivity contribution in [3.8, 4) is 0 Å². The van der Waals surface area contributed by atoms with E-state index in [0.717, 1.165) is 18.8 Å². The molecule has 1 aromatic rings. The van der Waals surface area contributed by atoms with Gasteiger partial charge < -0.3 is 9.88 Å². The maximum atomic E-state index is 12.3. The van der Waals surface area contributed by atoms with Crippen LogP contribution in [0.4, 0.5) is 0 Å². The van der Waals surface area contributed by atoms with Gasteiger partial charge in [0, 0.05) is 25.5 Å². The molecule has 1 fully saturated rings. The molecule has 1 aromatic heterocycles. The highest BCUT2D eigenvalue weighted by molar-refractivity contribution is 7.89. The molecule has 2 heterocycles. The molecule has 0 radical (unpaired) electrons. The van der Waals surface area contributed by atoms with Crippen LogP contribution in [0.15, 0.2) is 12.4 Å².